The van der Waals surface area contributed by atoms with Gasteiger partial charge in [0.05, 0.1) is 4.92 Å². The molecule has 0 saturated heterocycles. The van der Waals surface area contributed by atoms with Gasteiger partial charge in [-0.25, -0.2) is 8.78 Å². The minimum Gasteiger partial charge on any atom is -0.380 e. The maximum absolute atomic E-state index is 13.4. The summed E-state index contributed by atoms with van der Waals surface area (Å²) < 4.78 is 26.7. The van der Waals surface area contributed by atoms with E-state index < -0.39 is 16.6 Å². The predicted octanol–water partition coefficient (Wildman–Crippen LogP) is 4.25. The van der Waals surface area contributed by atoms with E-state index >= 15 is 0 Å². The first kappa shape index (κ1) is 14.4. The molecule has 0 radical (unpaired) electrons. The molecule has 7 heteroatoms. The molecule has 2 aromatic rings. The monoisotopic (exact) mass is 342 g/mol. The molecule has 0 heterocycles. The van der Waals surface area contributed by atoms with Crippen molar-refractivity contribution >= 4 is 27.3 Å². The molecule has 0 spiro atoms. The normalized spacial score (nSPS) is 10.3. The van der Waals surface area contributed by atoms with Crippen LogP contribution in [0.25, 0.3) is 0 Å². The molecule has 0 unspecified atom stereocenters. The van der Waals surface area contributed by atoms with Crippen molar-refractivity contribution in [1.29, 1.82) is 0 Å². The fourth-order valence-electron chi connectivity index (χ4n) is 1.62. The number of anilines is 1. The topological polar surface area (TPSA) is 55.2 Å². The smallest absolute Gasteiger partial charge is 0.270 e. The van der Waals surface area contributed by atoms with Gasteiger partial charge < -0.3 is 5.32 Å². The van der Waals surface area contributed by atoms with E-state index in [1.165, 1.54) is 30.3 Å². The lowest BCUT2D eigenvalue weighted by atomic mass is 10.2. The van der Waals surface area contributed by atoms with E-state index in [2.05, 4.69) is 21.2 Å². The third kappa shape index (κ3) is 3.30. The van der Waals surface area contributed by atoms with Crippen LogP contribution in [-0.4, -0.2) is 4.92 Å². The fourth-order valence-corrected chi connectivity index (χ4v) is 2.12. The molecule has 0 aliphatic rings. The summed E-state index contributed by atoms with van der Waals surface area (Å²) in [6.45, 7) is 0.141. The Labute approximate surface area is 121 Å². The van der Waals surface area contributed by atoms with Crippen LogP contribution in [0.1, 0.15) is 5.56 Å². The lowest BCUT2D eigenvalue weighted by Gasteiger charge is -2.09. The molecule has 0 aliphatic heterocycles. The third-order valence-corrected chi connectivity index (χ3v) is 3.30. The van der Waals surface area contributed by atoms with Crippen LogP contribution in [0.3, 0.4) is 0 Å². The molecule has 0 fully saturated rings. The second-order valence-corrected chi connectivity index (χ2v) is 4.86. The van der Waals surface area contributed by atoms with Gasteiger partial charge in [-0.3, -0.25) is 10.1 Å². The van der Waals surface area contributed by atoms with Crippen molar-refractivity contribution in [2.75, 3.05) is 5.32 Å². The maximum atomic E-state index is 13.4. The Morgan fingerprint density at radius 3 is 2.55 bits per heavy atom. The van der Waals surface area contributed by atoms with Crippen molar-refractivity contribution in [2.45, 2.75) is 6.54 Å². The highest BCUT2D eigenvalue weighted by atomic mass is 79.9. The zero-order valence-corrected chi connectivity index (χ0v) is 11.7. The van der Waals surface area contributed by atoms with E-state index in [1.54, 1.807) is 0 Å². The van der Waals surface area contributed by atoms with Crippen molar-refractivity contribution in [1.82, 2.24) is 0 Å². The Hall–Kier alpha value is -2.02. The Balaban J connectivity index is 2.13. The summed E-state index contributed by atoms with van der Waals surface area (Å²) in [7, 11) is 0. The van der Waals surface area contributed by atoms with E-state index in [0.29, 0.717) is 15.7 Å². The van der Waals surface area contributed by atoms with E-state index in [1.807, 2.05) is 0 Å². The molecule has 0 aliphatic carbocycles. The minimum absolute atomic E-state index is 0.0459. The highest BCUT2D eigenvalue weighted by Gasteiger charge is 2.10. The largest absolute Gasteiger partial charge is 0.380 e. The second-order valence-electron chi connectivity index (χ2n) is 4.01. The van der Waals surface area contributed by atoms with Crippen LogP contribution in [-0.2, 0) is 6.54 Å². The lowest BCUT2D eigenvalue weighted by molar-refractivity contribution is -0.384. The first-order valence-corrected chi connectivity index (χ1v) is 6.38. The van der Waals surface area contributed by atoms with Crippen LogP contribution >= 0.6 is 15.9 Å². The summed E-state index contributed by atoms with van der Waals surface area (Å²) in [6.07, 6.45) is 0. The summed E-state index contributed by atoms with van der Waals surface area (Å²) in [5.41, 5.74) is 0.839. The zero-order valence-electron chi connectivity index (χ0n) is 10.1. The van der Waals surface area contributed by atoms with Gasteiger partial charge in [0.15, 0.2) is 0 Å². The molecule has 0 saturated carbocycles. The molecule has 2 rings (SSSR count). The second kappa shape index (κ2) is 5.96. The van der Waals surface area contributed by atoms with Crippen LogP contribution in [0.5, 0.6) is 0 Å². The van der Waals surface area contributed by atoms with Gasteiger partial charge in [0, 0.05) is 40.5 Å². The van der Waals surface area contributed by atoms with Crippen LogP contribution in [0, 0.1) is 21.7 Å². The number of nitrogens with one attached hydrogen (secondary N) is 1. The quantitative estimate of drug-likeness (QED) is 0.667. The number of nitro benzene ring substituents is 1. The number of rotatable bonds is 4. The van der Waals surface area contributed by atoms with E-state index in [9.17, 15) is 18.9 Å². The molecule has 0 bridgehead atoms. The predicted molar refractivity (Wildman–Crippen MR) is 74.5 cm³/mol. The average molecular weight is 343 g/mol. The fraction of sp³-hybridized carbons (Fsp3) is 0.0769. The zero-order chi connectivity index (χ0) is 14.7. The molecule has 20 heavy (non-hydrogen) atoms. The highest BCUT2D eigenvalue weighted by Crippen LogP contribution is 2.27. The van der Waals surface area contributed by atoms with Gasteiger partial charge in [0.2, 0.25) is 0 Å². The van der Waals surface area contributed by atoms with E-state index in [0.717, 1.165) is 6.07 Å². The Morgan fingerprint density at radius 2 is 1.95 bits per heavy atom. The van der Waals surface area contributed by atoms with Crippen molar-refractivity contribution in [2.24, 2.45) is 0 Å². The third-order valence-electron chi connectivity index (χ3n) is 2.65. The molecule has 2 aromatic carbocycles. The molecule has 1 N–H and O–H groups in total. The first-order chi connectivity index (χ1) is 9.47. The summed E-state index contributed by atoms with van der Waals surface area (Å²) in [5.74, 6) is -1.28. The van der Waals surface area contributed by atoms with Crippen LogP contribution in [0.2, 0.25) is 0 Å². The Kier molecular flexibility index (Phi) is 4.29. The number of nitro groups is 1. The van der Waals surface area contributed by atoms with Gasteiger partial charge in [-0.05, 0) is 28.1 Å². The molecular formula is C13H9BrF2N2O2. The number of hydrogen-bond donors (Lipinski definition) is 1. The van der Waals surface area contributed by atoms with E-state index in [4.69, 9.17) is 0 Å². The maximum Gasteiger partial charge on any atom is 0.270 e. The van der Waals surface area contributed by atoms with Gasteiger partial charge in [0.1, 0.15) is 11.6 Å². The number of halogens is 3. The molecule has 0 aromatic heterocycles. The van der Waals surface area contributed by atoms with Crippen molar-refractivity contribution < 1.29 is 13.7 Å². The molecule has 0 atom stereocenters. The minimum atomic E-state index is -0.643. The van der Waals surface area contributed by atoms with Crippen LogP contribution < -0.4 is 5.32 Å². The van der Waals surface area contributed by atoms with Gasteiger partial charge in [-0.2, -0.15) is 0 Å². The summed E-state index contributed by atoms with van der Waals surface area (Å²) in [5, 5.41) is 13.5. The van der Waals surface area contributed by atoms with Gasteiger partial charge in [0.25, 0.3) is 5.69 Å². The van der Waals surface area contributed by atoms with Crippen molar-refractivity contribution in [3.63, 3.8) is 0 Å². The molecular weight excluding hydrogens is 334 g/mol. The lowest BCUT2D eigenvalue weighted by Crippen LogP contribution is -2.03. The van der Waals surface area contributed by atoms with E-state index in [-0.39, 0.29) is 12.2 Å². The first-order valence-electron chi connectivity index (χ1n) is 5.59. The van der Waals surface area contributed by atoms with Gasteiger partial charge in [-0.15, -0.1) is 0 Å². The van der Waals surface area contributed by atoms with Crippen LogP contribution in [0.4, 0.5) is 20.2 Å². The number of benzene rings is 2. The molecule has 104 valence electrons. The number of non-ortho nitro benzene ring substituents is 1. The standard InChI is InChI=1S/C13H9BrF2N2O2/c14-11-6-10(18(19)20)3-4-13(11)17-7-8-1-2-9(15)5-12(8)16/h1-6,17H,7H2. The Bertz CT molecular complexity index is 665. The number of nitrogens with zero attached hydrogens (tertiary/aromatic N) is 1. The molecule has 4 nitrogen and oxygen atoms in total. The molecule has 0 amide bonds. The van der Waals surface area contributed by atoms with Crippen LogP contribution in [0.15, 0.2) is 40.9 Å². The SMILES string of the molecule is O=[N+]([O-])c1ccc(NCc2ccc(F)cc2F)c(Br)c1. The summed E-state index contributed by atoms with van der Waals surface area (Å²) in [4.78, 5) is 10.1. The summed E-state index contributed by atoms with van der Waals surface area (Å²) in [6, 6.07) is 7.53. The average Bonchev–Trinajstić information content (AvgIpc) is 2.38. The van der Waals surface area contributed by atoms with Crippen molar-refractivity contribution in [3.8, 4) is 0 Å². The highest BCUT2D eigenvalue weighted by molar-refractivity contribution is 9.10. The number of hydrogen-bond acceptors (Lipinski definition) is 3. The summed E-state index contributed by atoms with van der Waals surface area (Å²) >= 11 is 3.20. The van der Waals surface area contributed by atoms with Crippen molar-refractivity contribution in [3.05, 3.63) is 68.2 Å². The van der Waals surface area contributed by atoms with Gasteiger partial charge in [-0.1, -0.05) is 6.07 Å². The Morgan fingerprint density at radius 1 is 1.20 bits per heavy atom. The van der Waals surface area contributed by atoms with Gasteiger partial charge >= 0.3 is 0 Å².